The van der Waals surface area contributed by atoms with E-state index in [1.54, 1.807) is 0 Å². The zero-order valence-electron chi connectivity index (χ0n) is 9.19. The van der Waals surface area contributed by atoms with Crippen LogP contribution in [0.3, 0.4) is 0 Å². The molecule has 82 valence electrons. The molecule has 0 heterocycles. The van der Waals surface area contributed by atoms with Crippen LogP contribution >= 0.6 is 12.2 Å². The van der Waals surface area contributed by atoms with Gasteiger partial charge in [0.15, 0.2) is 0 Å². The summed E-state index contributed by atoms with van der Waals surface area (Å²) in [7, 11) is 0. The second-order valence-corrected chi connectivity index (χ2v) is 4.36. The summed E-state index contributed by atoms with van der Waals surface area (Å²) >= 11 is 4.90. The Morgan fingerprint density at radius 2 is 2.20 bits per heavy atom. The first-order valence-corrected chi connectivity index (χ1v) is 5.53. The molecule has 1 aromatic rings. The van der Waals surface area contributed by atoms with Crippen molar-refractivity contribution >= 4 is 17.2 Å². The lowest BCUT2D eigenvalue weighted by Crippen LogP contribution is -2.09. The van der Waals surface area contributed by atoms with Crippen molar-refractivity contribution in [2.45, 2.75) is 20.3 Å². The van der Waals surface area contributed by atoms with E-state index in [9.17, 15) is 0 Å². The zero-order valence-corrected chi connectivity index (χ0v) is 10.0. The predicted octanol–water partition coefficient (Wildman–Crippen LogP) is 2.75. The Kier molecular flexibility index (Phi) is 4.56. The Labute approximate surface area is 96.4 Å². The smallest absolute Gasteiger partial charge is 0.119 e. The summed E-state index contributed by atoms with van der Waals surface area (Å²) in [4.78, 5) is 0.407. The van der Waals surface area contributed by atoms with E-state index in [2.05, 4.69) is 13.8 Å². The van der Waals surface area contributed by atoms with E-state index < -0.39 is 0 Å². The van der Waals surface area contributed by atoms with Gasteiger partial charge in [0.25, 0.3) is 0 Å². The third-order valence-electron chi connectivity index (χ3n) is 2.08. The van der Waals surface area contributed by atoms with Crippen LogP contribution in [0.25, 0.3) is 0 Å². The minimum atomic E-state index is 0.407. The minimum absolute atomic E-state index is 0.407. The van der Waals surface area contributed by atoms with Gasteiger partial charge in [-0.1, -0.05) is 38.2 Å². The molecule has 0 radical (unpaired) electrons. The quantitative estimate of drug-likeness (QED) is 0.780. The highest BCUT2D eigenvalue weighted by molar-refractivity contribution is 7.80. The van der Waals surface area contributed by atoms with Crippen LogP contribution < -0.4 is 10.5 Å². The van der Waals surface area contributed by atoms with Crippen LogP contribution in [0.4, 0.5) is 0 Å². The van der Waals surface area contributed by atoms with E-state index in [1.165, 1.54) is 0 Å². The monoisotopic (exact) mass is 223 g/mol. The van der Waals surface area contributed by atoms with Crippen molar-refractivity contribution in [3.8, 4) is 5.75 Å². The largest absolute Gasteiger partial charge is 0.494 e. The summed E-state index contributed by atoms with van der Waals surface area (Å²) < 4.78 is 5.59. The van der Waals surface area contributed by atoms with Crippen molar-refractivity contribution in [2.24, 2.45) is 11.7 Å². The fraction of sp³-hybridized carbons (Fsp3) is 0.417. The van der Waals surface area contributed by atoms with Gasteiger partial charge in [-0.2, -0.15) is 0 Å². The normalized spacial score (nSPS) is 10.3. The van der Waals surface area contributed by atoms with Crippen LogP contribution in [-0.4, -0.2) is 11.6 Å². The Bertz CT molecular complexity index is 336. The third-order valence-corrected chi connectivity index (χ3v) is 2.32. The number of hydrogen-bond acceptors (Lipinski definition) is 2. The summed E-state index contributed by atoms with van der Waals surface area (Å²) in [5.41, 5.74) is 6.39. The van der Waals surface area contributed by atoms with Gasteiger partial charge in [-0.25, -0.2) is 0 Å². The molecule has 0 amide bonds. The molecule has 0 saturated carbocycles. The van der Waals surface area contributed by atoms with Crippen LogP contribution in [0.5, 0.6) is 5.75 Å². The van der Waals surface area contributed by atoms with E-state index in [4.69, 9.17) is 22.7 Å². The van der Waals surface area contributed by atoms with Gasteiger partial charge >= 0.3 is 0 Å². The van der Waals surface area contributed by atoms with Gasteiger partial charge < -0.3 is 10.5 Å². The molecule has 1 rings (SSSR count). The molecule has 0 aliphatic rings. The fourth-order valence-corrected chi connectivity index (χ4v) is 1.28. The van der Waals surface area contributed by atoms with Gasteiger partial charge in [0.1, 0.15) is 10.7 Å². The van der Waals surface area contributed by atoms with Gasteiger partial charge in [-0.3, -0.25) is 0 Å². The summed E-state index contributed by atoms with van der Waals surface area (Å²) in [6.07, 6.45) is 1.05. The first-order chi connectivity index (χ1) is 7.09. The second-order valence-electron chi connectivity index (χ2n) is 3.92. The van der Waals surface area contributed by atoms with Crippen LogP contribution in [0.2, 0.25) is 0 Å². The standard InChI is InChI=1S/C12H17NOS/c1-9(2)6-7-14-11-5-3-4-10(8-11)12(13)15/h3-5,8-9H,6-7H2,1-2H3,(H2,13,15). The molecule has 2 N–H and O–H groups in total. The van der Waals surface area contributed by atoms with Crippen molar-refractivity contribution in [1.82, 2.24) is 0 Å². The van der Waals surface area contributed by atoms with E-state index in [-0.39, 0.29) is 0 Å². The average molecular weight is 223 g/mol. The lowest BCUT2D eigenvalue weighted by atomic mass is 10.1. The molecule has 0 aliphatic heterocycles. The van der Waals surface area contributed by atoms with Gasteiger partial charge in [0, 0.05) is 5.56 Å². The molecule has 0 saturated heterocycles. The Morgan fingerprint density at radius 1 is 1.47 bits per heavy atom. The Hall–Kier alpha value is -1.09. The molecule has 0 atom stereocenters. The molecule has 0 unspecified atom stereocenters. The first-order valence-electron chi connectivity index (χ1n) is 5.12. The Balaban J connectivity index is 2.54. The summed E-state index contributed by atoms with van der Waals surface area (Å²) in [5, 5.41) is 0. The maximum absolute atomic E-state index is 5.59. The molecule has 3 heteroatoms. The summed E-state index contributed by atoms with van der Waals surface area (Å²) in [6, 6.07) is 7.58. The van der Waals surface area contributed by atoms with Crippen molar-refractivity contribution in [3.05, 3.63) is 29.8 Å². The molecular formula is C12H17NOS. The maximum Gasteiger partial charge on any atom is 0.119 e. The molecule has 15 heavy (non-hydrogen) atoms. The highest BCUT2D eigenvalue weighted by Crippen LogP contribution is 2.14. The van der Waals surface area contributed by atoms with E-state index in [1.807, 2.05) is 24.3 Å². The highest BCUT2D eigenvalue weighted by Gasteiger charge is 2.00. The summed E-state index contributed by atoms with van der Waals surface area (Å²) in [6.45, 7) is 5.09. The van der Waals surface area contributed by atoms with Crippen LogP contribution in [0, 0.1) is 5.92 Å². The molecule has 0 aromatic heterocycles. The third kappa shape index (κ3) is 4.30. The van der Waals surface area contributed by atoms with E-state index in [0.717, 1.165) is 24.3 Å². The van der Waals surface area contributed by atoms with Gasteiger partial charge in [-0.15, -0.1) is 0 Å². The molecule has 0 spiro atoms. The van der Waals surface area contributed by atoms with Crippen LogP contribution in [0.15, 0.2) is 24.3 Å². The minimum Gasteiger partial charge on any atom is -0.494 e. The number of nitrogens with two attached hydrogens (primary N) is 1. The SMILES string of the molecule is CC(C)CCOc1cccc(C(N)=S)c1. The summed E-state index contributed by atoms with van der Waals surface area (Å²) in [5.74, 6) is 1.49. The lowest BCUT2D eigenvalue weighted by Gasteiger charge is -2.08. The van der Waals surface area contributed by atoms with Gasteiger partial charge in [-0.05, 0) is 24.5 Å². The molecule has 0 fully saturated rings. The molecule has 2 nitrogen and oxygen atoms in total. The number of thiocarbonyl (C=S) groups is 1. The number of ether oxygens (including phenoxy) is 1. The van der Waals surface area contributed by atoms with Gasteiger partial charge in [0.2, 0.25) is 0 Å². The predicted molar refractivity (Wildman–Crippen MR) is 67.3 cm³/mol. The van der Waals surface area contributed by atoms with Crippen molar-refractivity contribution in [2.75, 3.05) is 6.61 Å². The van der Waals surface area contributed by atoms with E-state index >= 15 is 0 Å². The van der Waals surface area contributed by atoms with Crippen LogP contribution in [0.1, 0.15) is 25.8 Å². The van der Waals surface area contributed by atoms with Crippen molar-refractivity contribution < 1.29 is 4.74 Å². The van der Waals surface area contributed by atoms with E-state index in [0.29, 0.717) is 10.9 Å². The van der Waals surface area contributed by atoms with Crippen molar-refractivity contribution in [3.63, 3.8) is 0 Å². The van der Waals surface area contributed by atoms with Crippen molar-refractivity contribution in [1.29, 1.82) is 0 Å². The van der Waals surface area contributed by atoms with Gasteiger partial charge in [0.05, 0.1) is 6.61 Å². The van der Waals surface area contributed by atoms with Crippen LogP contribution in [-0.2, 0) is 0 Å². The lowest BCUT2D eigenvalue weighted by molar-refractivity contribution is 0.289. The number of rotatable bonds is 5. The molecule has 1 aromatic carbocycles. The fourth-order valence-electron chi connectivity index (χ4n) is 1.15. The maximum atomic E-state index is 5.59. The second kappa shape index (κ2) is 5.71. The average Bonchev–Trinajstić information content (AvgIpc) is 2.17. The highest BCUT2D eigenvalue weighted by atomic mass is 32.1. The number of benzene rings is 1. The molecule has 0 bridgehead atoms. The molecule has 0 aliphatic carbocycles. The first kappa shape index (κ1) is 12.0. The number of hydrogen-bond donors (Lipinski definition) is 1. The zero-order chi connectivity index (χ0) is 11.3. The topological polar surface area (TPSA) is 35.2 Å². The Morgan fingerprint density at radius 3 is 2.80 bits per heavy atom. The molecular weight excluding hydrogens is 206 g/mol.